The molecular formula is C27H40N2O2. The summed E-state index contributed by atoms with van der Waals surface area (Å²) in [6.07, 6.45) is 3.53. The topological polar surface area (TPSA) is 55.7 Å². The van der Waals surface area contributed by atoms with Gasteiger partial charge in [0, 0.05) is 30.4 Å². The molecular weight excluding hydrogens is 384 g/mol. The quantitative estimate of drug-likeness (QED) is 0.483. The lowest BCUT2D eigenvalue weighted by Crippen LogP contribution is -2.61. The maximum absolute atomic E-state index is 10.9. The fraction of sp³-hybridized carbons (Fsp3) is 0.556. The van der Waals surface area contributed by atoms with Crippen LogP contribution in [0.3, 0.4) is 0 Å². The highest BCUT2D eigenvalue weighted by Gasteiger charge is 2.50. The van der Waals surface area contributed by atoms with Crippen molar-refractivity contribution in [3.05, 3.63) is 58.7 Å². The van der Waals surface area contributed by atoms with Crippen molar-refractivity contribution in [1.29, 1.82) is 0 Å². The maximum Gasteiger partial charge on any atom is 0.0860 e. The molecule has 2 aromatic rings. The van der Waals surface area contributed by atoms with Crippen molar-refractivity contribution in [2.45, 2.75) is 84.5 Å². The Morgan fingerprint density at radius 1 is 0.839 bits per heavy atom. The van der Waals surface area contributed by atoms with E-state index in [0.717, 1.165) is 35.5 Å². The van der Waals surface area contributed by atoms with Crippen LogP contribution in [0, 0.1) is 20.8 Å². The summed E-state index contributed by atoms with van der Waals surface area (Å²) >= 11 is 0. The molecule has 3 N–H and O–H groups in total. The van der Waals surface area contributed by atoms with Gasteiger partial charge in [0.05, 0.1) is 18.2 Å². The minimum atomic E-state index is -0.614. The number of unbranched alkanes of at least 4 members (excludes halogenated alkanes) is 2. The van der Waals surface area contributed by atoms with Crippen LogP contribution in [-0.4, -0.2) is 41.6 Å². The summed E-state index contributed by atoms with van der Waals surface area (Å²) < 4.78 is 0. The fourth-order valence-electron chi connectivity index (χ4n) is 4.70. The van der Waals surface area contributed by atoms with Gasteiger partial charge in [-0.3, -0.25) is 0 Å². The zero-order valence-corrected chi connectivity index (χ0v) is 19.9. The summed E-state index contributed by atoms with van der Waals surface area (Å²) in [7, 11) is 0. The summed E-state index contributed by atoms with van der Waals surface area (Å²) in [5, 5.41) is 25.2. The standard InChI is InChI=1S/C27H40N2O2/c1-6-8-14-29(15-9-7-2)21-11-12-22(19(4)17-21)24-26(30)25(27(24)31)28-23-13-10-18(3)16-20(23)5/h10-13,16-17,24-28,30-31H,6-9,14-15H2,1-5H3. The fourth-order valence-corrected chi connectivity index (χ4v) is 4.70. The maximum atomic E-state index is 10.9. The molecule has 31 heavy (non-hydrogen) atoms. The summed E-state index contributed by atoms with van der Waals surface area (Å²) in [5.41, 5.74) is 6.75. The summed E-state index contributed by atoms with van der Waals surface area (Å²) in [6, 6.07) is 12.3. The van der Waals surface area contributed by atoms with Gasteiger partial charge in [-0.25, -0.2) is 0 Å². The number of rotatable bonds is 10. The third-order valence-electron chi connectivity index (χ3n) is 6.72. The molecule has 1 aliphatic rings. The minimum absolute atomic E-state index is 0.253. The first kappa shape index (κ1) is 23.6. The predicted molar refractivity (Wildman–Crippen MR) is 131 cm³/mol. The summed E-state index contributed by atoms with van der Waals surface area (Å²) in [6.45, 7) is 12.8. The molecule has 2 atom stereocenters. The Labute approximate surface area is 188 Å². The van der Waals surface area contributed by atoms with E-state index in [1.54, 1.807) is 0 Å². The number of hydrogen-bond donors (Lipinski definition) is 3. The molecule has 0 aliphatic heterocycles. The highest BCUT2D eigenvalue weighted by atomic mass is 16.3. The van der Waals surface area contributed by atoms with E-state index in [0.29, 0.717) is 0 Å². The van der Waals surface area contributed by atoms with Gasteiger partial charge in [-0.05, 0) is 68.5 Å². The number of aliphatic hydroxyl groups is 2. The third-order valence-corrected chi connectivity index (χ3v) is 6.72. The second-order valence-electron chi connectivity index (χ2n) is 9.23. The van der Waals surface area contributed by atoms with E-state index in [1.807, 2.05) is 6.07 Å². The predicted octanol–water partition coefficient (Wildman–Crippen LogP) is 5.32. The van der Waals surface area contributed by atoms with Crippen LogP contribution in [0.4, 0.5) is 11.4 Å². The second-order valence-corrected chi connectivity index (χ2v) is 9.23. The van der Waals surface area contributed by atoms with Gasteiger partial charge in [0.15, 0.2) is 0 Å². The first-order valence-corrected chi connectivity index (χ1v) is 11.9. The Morgan fingerprint density at radius 2 is 1.48 bits per heavy atom. The highest BCUT2D eigenvalue weighted by molar-refractivity contribution is 5.56. The van der Waals surface area contributed by atoms with Crippen LogP contribution in [0.5, 0.6) is 0 Å². The van der Waals surface area contributed by atoms with E-state index in [2.05, 4.69) is 75.2 Å². The molecule has 0 radical (unpaired) electrons. The number of hydrogen-bond acceptors (Lipinski definition) is 4. The summed E-state index contributed by atoms with van der Waals surface area (Å²) in [5.74, 6) is -0.253. The Morgan fingerprint density at radius 3 is 2.03 bits per heavy atom. The molecule has 0 heterocycles. The molecule has 4 heteroatoms. The zero-order valence-electron chi connectivity index (χ0n) is 19.9. The first-order chi connectivity index (χ1) is 14.9. The molecule has 2 unspecified atom stereocenters. The third kappa shape index (κ3) is 5.24. The molecule has 170 valence electrons. The number of aliphatic hydroxyl groups excluding tert-OH is 2. The Balaban J connectivity index is 1.72. The van der Waals surface area contributed by atoms with Gasteiger partial charge in [0.1, 0.15) is 0 Å². The normalized spacial score (nSPS) is 22.8. The van der Waals surface area contributed by atoms with Crippen molar-refractivity contribution in [3.63, 3.8) is 0 Å². The van der Waals surface area contributed by atoms with E-state index < -0.39 is 12.2 Å². The van der Waals surface area contributed by atoms with Crippen LogP contribution in [0.1, 0.15) is 67.7 Å². The Kier molecular flexibility index (Phi) is 8.01. The first-order valence-electron chi connectivity index (χ1n) is 11.9. The molecule has 0 aromatic heterocycles. The number of aryl methyl sites for hydroxylation is 3. The van der Waals surface area contributed by atoms with Gasteiger partial charge in [0.25, 0.3) is 0 Å². The SMILES string of the molecule is CCCCN(CCCC)c1ccc(C2C(O)C(Nc3ccc(C)cc3C)C2O)c(C)c1. The van der Waals surface area contributed by atoms with Crippen LogP contribution < -0.4 is 10.2 Å². The molecule has 1 fully saturated rings. The van der Waals surface area contributed by atoms with Crippen LogP contribution in [0.25, 0.3) is 0 Å². The van der Waals surface area contributed by atoms with Crippen molar-refractivity contribution in [3.8, 4) is 0 Å². The van der Waals surface area contributed by atoms with Crippen LogP contribution in [0.15, 0.2) is 36.4 Å². The molecule has 0 spiro atoms. The molecule has 0 saturated heterocycles. The van der Waals surface area contributed by atoms with Gasteiger partial charge in [-0.2, -0.15) is 0 Å². The van der Waals surface area contributed by atoms with E-state index in [1.165, 1.54) is 36.9 Å². The molecule has 0 bridgehead atoms. The molecule has 1 aliphatic carbocycles. The molecule has 4 nitrogen and oxygen atoms in total. The van der Waals surface area contributed by atoms with Crippen LogP contribution in [-0.2, 0) is 0 Å². The Bertz CT molecular complexity index is 848. The average Bonchev–Trinajstić information content (AvgIpc) is 2.74. The average molecular weight is 425 g/mol. The van der Waals surface area contributed by atoms with Gasteiger partial charge >= 0.3 is 0 Å². The highest BCUT2D eigenvalue weighted by Crippen LogP contribution is 2.41. The number of nitrogens with one attached hydrogen (secondary N) is 1. The van der Waals surface area contributed by atoms with Crippen molar-refractivity contribution < 1.29 is 10.2 Å². The number of benzene rings is 2. The minimum Gasteiger partial charge on any atom is -0.390 e. The lowest BCUT2D eigenvalue weighted by atomic mass is 9.69. The largest absolute Gasteiger partial charge is 0.390 e. The zero-order chi connectivity index (χ0) is 22.5. The van der Waals surface area contributed by atoms with Crippen LogP contribution in [0.2, 0.25) is 0 Å². The molecule has 3 rings (SSSR count). The van der Waals surface area contributed by atoms with Gasteiger partial charge in [0.2, 0.25) is 0 Å². The summed E-state index contributed by atoms with van der Waals surface area (Å²) in [4.78, 5) is 2.47. The van der Waals surface area contributed by atoms with Crippen molar-refractivity contribution in [2.75, 3.05) is 23.3 Å². The van der Waals surface area contributed by atoms with E-state index in [-0.39, 0.29) is 12.0 Å². The van der Waals surface area contributed by atoms with Crippen LogP contribution >= 0.6 is 0 Å². The monoisotopic (exact) mass is 424 g/mol. The van der Waals surface area contributed by atoms with E-state index in [9.17, 15) is 10.2 Å². The van der Waals surface area contributed by atoms with Crippen molar-refractivity contribution >= 4 is 11.4 Å². The number of nitrogens with zero attached hydrogens (tertiary/aromatic N) is 1. The van der Waals surface area contributed by atoms with E-state index >= 15 is 0 Å². The molecule has 1 saturated carbocycles. The lowest BCUT2D eigenvalue weighted by molar-refractivity contribution is -0.0663. The number of anilines is 2. The molecule has 2 aromatic carbocycles. The van der Waals surface area contributed by atoms with Crippen molar-refractivity contribution in [2.24, 2.45) is 0 Å². The lowest BCUT2D eigenvalue weighted by Gasteiger charge is -2.48. The molecule has 0 amide bonds. The van der Waals surface area contributed by atoms with Crippen molar-refractivity contribution in [1.82, 2.24) is 0 Å². The second kappa shape index (κ2) is 10.5. The van der Waals surface area contributed by atoms with Gasteiger partial charge in [-0.1, -0.05) is 50.5 Å². The van der Waals surface area contributed by atoms with Gasteiger partial charge < -0.3 is 20.4 Å². The smallest absolute Gasteiger partial charge is 0.0860 e. The van der Waals surface area contributed by atoms with Gasteiger partial charge in [-0.15, -0.1) is 0 Å². The van der Waals surface area contributed by atoms with E-state index in [4.69, 9.17) is 0 Å². The Hall–Kier alpha value is -2.04.